The van der Waals surface area contributed by atoms with Crippen molar-refractivity contribution in [1.82, 2.24) is 14.1 Å². The third kappa shape index (κ3) is 4.52. The molecule has 0 bridgehead atoms. The zero-order valence-corrected chi connectivity index (χ0v) is 17.2. The van der Waals surface area contributed by atoms with Crippen LogP contribution in [0.3, 0.4) is 0 Å². The van der Waals surface area contributed by atoms with E-state index in [1.165, 1.54) is 0 Å². The number of carbonyl (C=O) groups is 1. The molecule has 7 heteroatoms. The first-order valence-corrected chi connectivity index (χ1v) is 11.5. The van der Waals surface area contributed by atoms with Crippen molar-refractivity contribution in [1.29, 1.82) is 0 Å². The monoisotopic (exact) mass is 393 g/mol. The number of sulfonamides is 1. The van der Waals surface area contributed by atoms with Gasteiger partial charge in [0.15, 0.2) is 0 Å². The summed E-state index contributed by atoms with van der Waals surface area (Å²) in [4.78, 5) is 17.3. The van der Waals surface area contributed by atoms with Crippen molar-refractivity contribution < 1.29 is 13.2 Å². The molecule has 2 aliphatic rings. The Kier molecular flexibility index (Phi) is 6.55. The van der Waals surface area contributed by atoms with Crippen LogP contribution in [0.2, 0.25) is 0 Å². The van der Waals surface area contributed by atoms with Crippen molar-refractivity contribution in [2.75, 3.05) is 39.3 Å². The van der Waals surface area contributed by atoms with Crippen molar-refractivity contribution in [3.05, 3.63) is 29.8 Å². The summed E-state index contributed by atoms with van der Waals surface area (Å²) < 4.78 is 27.0. The van der Waals surface area contributed by atoms with Crippen LogP contribution in [0.4, 0.5) is 0 Å². The standard InChI is InChI=1S/C20H31N3O3S/c1-3-17(2)21-13-15-22(16-14-21)20(24)18-7-9-19(10-8-18)27(25,26)23-11-5-4-6-12-23/h7-10,17H,3-6,11-16H2,1-2H3. The zero-order chi connectivity index (χ0) is 19.4. The molecule has 6 nitrogen and oxygen atoms in total. The first kappa shape index (κ1) is 20.3. The molecule has 2 heterocycles. The summed E-state index contributed by atoms with van der Waals surface area (Å²) in [6.07, 6.45) is 4.03. The van der Waals surface area contributed by atoms with E-state index >= 15 is 0 Å². The maximum atomic E-state index is 12.8. The van der Waals surface area contributed by atoms with E-state index in [4.69, 9.17) is 0 Å². The summed E-state index contributed by atoms with van der Waals surface area (Å²) in [7, 11) is -3.45. The average molecular weight is 394 g/mol. The van der Waals surface area contributed by atoms with Crippen molar-refractivity contribution in [2.45, 2.75) is 50.5 Å². The van der Waals surface area contributed by atoms with Crippen molar-refractivity contribution in [3.63, 3.8) is 0 Å². The van der Waals surface area contributed by atoms with Crippen molar-refractivity contribution in [3.8, 4) is 0 Å². The highest BCUT2D eigenvalue weighted by Gasteiger charge is 2.27. The first-order valence-electron chi connectivity index (χ1n) is 10.1. The normalized spacial score (nSPS) is 21.2. The minimum atomic E-state index is -3.45. The number of piperidine rings is 1. The number of benzene rings is 1. The second kappa shape index (κ2) is 8.71. The fourth-order valence-corrected chi connectivity index (χ4v) is 5.35. The molecule has 2 aliphatic heterocycles. The van der Waals surface area contributed by atoms with Crippen molar-refractivity contribution in [2.24, 2.45) is 0 Å². The second-order valence-electron chi connectivity index (χ2n) is 7.57. The largest absolute Gasteiger partial charge is 0.336 e. The lowest BCUT2D eigenvalue weighted by molar-refractivity contribution is 0.0579. The van der Waals surface area contributed by atoms with Crippen LogP contribution in [0.1, 0.15) is 49.9 Å². The van der Waals surface area contributed by atoms with Gasteiger partial charge in [-0.1, -0.05) is 13.3 Å². The quantitative estimate of drug-likeness (QED) is 0.771. The van der Waals surface area contributed by atoms with E-state index in [-0.39, 0.29) is 10.8 Å². The van der Waals surface area contributed by atoms with Crippen LogP contribution >= 0.6 is 0 Å². The highest BCUT2D eigenvalue weighted by atomic mass is 32.2. The summed E-state index contributed by atoms with van der Waals surface area (Å²) in [6.45, 7) is 8.80. The summed E-state index contributed by atoms with van der Waals surface area (Å²) in [6, 6.07) is 7.00. The molecule has 0 N–H and O–H groups in total. The molecule has 2 fully saturated rings. The SMILES string of the molecule is CCC(C)N1CCN(C(=O)c2ccc(S(=O)(=O)N3CCCCC3)cc2)CC1. The van der Waals surface area contributed by atoms with Gasteiger partial charge in [0.25, 0.3) is 5.91 Å². The molecule has 1 aromatic rings. The molecule has 0 aliphatic carbocycles. The Morgan fingerprint density at radius 1 is 0.963 bits per heavy atom. The lowest BCUT2D eigenvalue weighted by Crippen LogP contribution is -2.51. The number of nitrogens with zero attached hydrogens (tertiary/aromatic N) is 3. The molecule has 0 saturated carbocycles. The first-order chi connectivity index (χ1) is 12.9. The van der Waals surface area contributed by atoms with Crippen LogP contribution in [0.25, 0.3) is 0 Å². The number of rotatable bonds is 5. The van der Waals surface area contributed by atoms with Crippen LogP contribution < -0.4 is 0 Å². The lowest BCUT2D eigenvalue weighted by atomic mass is 10.1. The van der Waals surface area contributed by atoms with Gasteiger partial charge in [-0.25, -0.2) is 8.42 Å². The Bertz CT molecular complexity index is 734. The molecule has 0 radical (unpaired) electrons. The van der Waals surface area contributed by atoms with Gasteiger partial charge < -0.3 is 4.90 Å². The van der Waals surface area contributed by atoms with Crippen molar-refractivity contribution >= 4 is 15.9 Å². The summed E-state index contributed by atoms with van der Waals surface area (Å²) in [5, 5.41) is 0. The van der Waals surface area contributed by atoms with Gasteiger partial charge in [0.1, 0.15) is 0 Å². The molecule has 0 aromatic heterocycles. The van der Waals surface area contributed by atoms with E-state index in [0.29, 0.717) is 24.7 Å². The maximum Gasteiger partial charge on any atom is 0.253 e. The number of carbonyl (C=O) groups excluding carboxylic acids is 1. The Labute approximate surface area is 163 Å². The Morgan fingerprint density at radius 3 is 2.11 bits per heavy atom. The molecule has 3 rings (SSSR count). The molecule has 1 aromatic carbocycles. The minimum absolute atomic E-state index is 0.0132. The highest BCUT2D eigenvalue weighted by Crippen LogP contribution is 2.21. The van der Waals surface area contributed by atoms with Gasteiger partial charge >= 0.3 is 0 Å². The van der Waals surface area contributed by atoms with Gasteiger partial charge in [-0.2, -0.15) is 4.31 Å². The van der Waals surface area contributed by atoms with Gasteiger partial charge in [-0.15, -0.1) is 0 Å². The molecule has 2 saturated heterocycles. The van der Waals surface area contributed by atoms with Crippen LogP contribution in [0.5, 0.6) is 0 Å². The summed E-state index contributed by atoms with van der Waals surface area (Å²) >= 11 is 0. The van der Waals surface area contributed by atoms with E-state index in [1.54, 1.807) is 28.6 Å². The van der Waals surface area contributed by atoms with Gasteiger partial charge in [-0.3, -0.25) is 9.69 Å². The van der Waals surface area contributed by atoms with Crippen LogP contribution in [-0.2, 0) is 10.0 Å². The molecular formula is C20H31N3O3S. The highest BCUT2D eigenvalue weighted by molar-refractivity contribution is 7.89. The molecule has 1 amide bonds. The van der Waals surface area contributed by atoms with Crippen LogP contribution in [0.15, 0.2) is 29.2 Å². The number of hydrogen-bond acceptors (Lipinski definition) is 4. The van der Waals surface area contributed by atoms with E-state index < -0.39 is 10.0 Å². The minimum Gasteiger partial charge on any atom is -0.336 e. The second-order valence-corrected chi connectivity index (χ2v) is 9.51. The van der Waals surface area contributed by atoms with E-state index in [2.05, 4.69) is 18.7 Å². The maximum absolute atomic E-state index is 12.8. The van der Waals surface area contributed by atoms with Gasteiger partial charge in [0, 0.05) is 50.9 Å². The van der Waals surface area contributed by atoms with E-state index in [9.17, 15) is 13.2 Å². The number of hydrogen-bond donors (Lipinski definition) is 0. The van der Waals surface area contributed by atoms with Crippen LogP contribution in [0, 0.1) is 0 Å². The third-order valence-electron chi connectivity index (χ3n) is 5.87. The van der Waals surface area contributed by atoms with Crippen LogP contribution in [-0.4, -0.2) is 73.7 Å². The third-order valence-corrected chi connectivity index (χ3v) is 7.78. The fraction of sp³-hybridized carbons (Fsp3) is 0.650. The van der Waals surface area contributed by atoms with Gasteiger partial charge in [-0.05, 0) is 50.5 Å². The zero-order valence-electron chi connectivity index (χ0n) is 16.4. The average Bonchev–Trinajstić information content (AvgIpc) is 2.73. The van der Waals surface area contributed by atoms with Gasteiger partial charge in [0.05, 0.1) is 4.90 Å². The molecule has 27 heavy (non-hydrogen) atoms. The summed E-state index contributed by atoms with van der Waals surface area (Å²) in [5.74, 6) is -0.0132. The fourth-order valence-electron chi connectivity index (χ4n) is 3.83. The van der Waals surface area contributed by atoms with E-state index in [0.717, 1.165) is 51.9 Å². The smallest absolute Gasteiger partial charge is 0.253 e. The van der Waals surface area contributed by atoms with Gasteiger partial charge in [0.2, 0.25) is 10.0 Å². The van der Waals surface area contributed by atoms with E-state index in [1.807, 2.05) is 4.90 Å². The lowest BCUT2D eigenvalue weighted by Gasteiger charge is -2.37. The topological polar surface area (TPSA) is 60.9 Å². The number of amides is 1. The molecule has 1 atom stereocenters. The number of piperazine rings is 1. The molecular weight excluding hydrogens is 362 g/mol. The Hall–Kier alpha value is -1.44. The summed E-state index contributed by atoms with van der Waals surface area (Å²) in [5.41, 5.74) is 0.560. The Morgan fingerprint density at radius 2 is 1.56 bits per heavy atom. The Balaban J connectivity index is 1.64. The molecule has 150 valence electrons. The predicted molar refractivity (Wildman–Crippen MR) is 106 cm³/mol. The molecule has 0 spiro atoms. The predicted octanol–water partition coefficient (Wildman–Crippen LogP) is 2.42. The molecule has 1 unspecified atom stereocenters.